The van der Waals surface area contributed by atoms with Gasteiger partial charge in [-0.2, -0.15) is 0 Å². The Labute approximate surface area is 61.6 Å². The smallest absolute Gasteiger partial charge is 0.211 e. The molecule has 0 N–H and O–H groups in total. The highest BCUT2D eigenvalue weighted by Crippen LogP contribution is 2.18. The molecule has 0 aromatic rings. The summed E-state index contributed by atoms with van der Waals surface area (Å²) in [4.78, 5) is 0. The lowest BCUT2D eigenvalue weighted by molar-refractivity contribution is 0.125. The number of halogens is 2. The van der Waals surface area contributed by atoms with Gasteiger partial charge in [0, 0.05) is 6.42 Å². The number of alkyl halides is 2. The minimum Gasteiger partial charge on any atom is -0.211 e. The van der Waals surface area contributed by atoms with Gasteiger partial charge in [-0.15, -0.1) is 0 Å². The zero-order chi connectivity index (χ0) is 8.15. The molecule has 1 atom stereocenters. The quantitative estimate of drug-likeness (QED) is 0.576. The van der Waals surface area contributed by atoms with E-state index in [0.717, 1.165) is 0 Å². The zero-order valence-corrected chi connectivity index (χ0v) is 6.90. The van der Waals surface area contributed by atoms with Crippen LogP contribution < -0.4 is 0 Å². The van der Waals surface area contributed by atoms with Crippen LogP contribution in [0.15, 0.2) is 0 Å². The van der Waals surface area contributed by atoms with Crippen LogP contribution in [-0.2, 0) is 0 Å². The topological polar surface area (TPSA) is 0 Å². The Balaban J connectivity index is 3.30. The van der Waals surface area contributed by atoms with Gasteiger partial charge in [-0.05, 0) is 18.3 Å². The second-order valence-electron chi connectivity index (χ2n) is 3.19. The van der Waals surface area contributed by atoms with Crippen LogP contribution in [0.3, 0.4) is 0 Å². The molecule has 0 bridgehead atoms. The molecule has 0 fully saturated rings. The molecular weight excluding hydrogens is 134 g/mol. The molecule has 0 rings (SSSR count). The number of hydrogen-bond donors (Lipinski definition) is 0. The maximum atomic E-state index is 11.7. The van der Waals surface area contributed by atoms with Gasteiger partial charge >= 0.3 is 0 Å². The van der Waals surface area contributed by atoms with Crippen molar-refractivity contribution in [3.8, 4) is 0 Å². The van der Waals surface area contributed by atoms with Gasteiger partial charge in [0.25, 0.3) is 0 Å². The van der Waals surface area contributed by atoms with E-state index in [4.69, 9.17) is 0 Å². The fraction of sp³-hybridized carbons (Fsp3) is 1.00. The van der Waals surface area contributed by atoms with Crippen molar-refractivity contribution in [2.24, 2.45) is 11.8 Å². The monoisotopic (exact) mass is 150 g/mol. The summed E-state index contributed by atoms with van der Waals surface area (Å²) in [5.41, 5.74) is 0. The molecule has 2 heteroatoms. The first-order valence-corrected chi connectivity index (χ1v) is 3.82. The molecule has 10 heavy (non-hydrogen) atoms. The molecule has 0 nitrogen and oxygen atoms in total. The third-order valence-electron chi connectivity index (χ3n) is 1.98. The van der Waals surface area contributed by atoms with Gasteiger partial charge in [0.2, 0.25) is 6.43 Å². The lowest BCUT2D eigenvalue weighted by atomic mass is 9.93. The van der Waals surface area contributed by atoms with Crippen LogP contribution in [0.25, 0.3) is 0 Å². The fourth-order valence-corrected chi connectivity index (χ4v) is 0.722. The largest absolute Gasteiger partial charge is 0.238 e. The van der Waals surface area contributed by atoms with E-state index in [1.54, 1.807) is 0 Å². The minimum atomic E-state index is -2.12. The third-order valence-corrected chi connectivity index (χ3v) is 1.98. The van der Waals surface area contributed by atoms with E-state index in [1.165, 1.54) is 0 Å². The summed E-state index contributed by atoms with van der Waals surface area (Å²) >= 11 is 0. The van der Waals surface area contributed by atoms with Crippen LogP contribution in [0.4, 0.5) is 8.78 Å². The van der Waals surface area contributed by atoms with E-state index in [-0.39, 0.29) is 6.42 Å². The molecule has 0 heterocycles. The van der Waals surface area contributed by atoms with Gasteiger partial charge in [-0.25, -0.2) is 8.78 Å². The SMILES string of the molecule is CC(C)[C@H](C)CCC(F)F. The normalized spacial score (nSPS) is 14.7. The molecule has 0 saturated heterocycles. The predicted molar refractivity (Wildman–Crippen MR) is 39.2 cm³/mol. The second-order valence-corrected chi connectivity index (χ2v) is 3.19. The van der Waals surface area contributed by atoms with E-state index < -0.39 is 6.43 Å². The summed E-state index contributed by atoms with van der Waals surface area (Å²) in [7, 11) is 0. The van der Waals surface area contributed by atoms with Crippen LogP contribution in [0.5, 0.6) is 0 Å². The van der Waals surface area contributed by atoms with Gasteiger partial charge < -0.3 is 0 Å². The van der Waals surface area contributed by atoms with Crippen molar-refractivity contribution < 1.29 is 8.78 Å². The Kier molecular flexibility index (Phi) is 4.58. The molecular formula is C8H16F2. The van der Waals surface area contributed by atoms with Crippen molar-refractivity contribution in [2.45, 2.75) is 40.0 Å². The molecule has 0 aliphatic rings. The van der Waals surface area contributed by atoms with Gasteiger partial charge in [-0.3, -0.25) is 0 Å². The highest BCUT2D eigenvalue weighted by Gasteiger charge is 2.10. The molecule has 0 aliphatic heterocycles. The highest BCUT2D eigenvalue weighted by molar-refractivity contribution is 4.57. The highest BCUT2D eigenvalue weighted by atomic mass is 19.3. The summed E-state index contributed by atoms with van der Waals surface area (Å²) in [6.07, 6.45) is -1.42. The Bertz CT molecular complexity index is 79.3. The first kappa shape index (κ1) is 9.86. The van der Waals surface area contributed by atoms with Crippen molar-refractivity contribution in [1.29, 1.82) is 0 Å². The van der Waals surface area contributed by atoms with E-state index in [9.17, 15) is 8.78 Å². The summed E-state index contributed by atoms with van der Waals surface area (Å²) in [5, 5.41) is 0. The van der Waals surface area contributed by atoms with Gasteiger partial charge in [0.15, 0.2) is 0 Å². The summed E-state index contributed by atoms with van der Waals surface area (Å²) < 4.78 is 23.3. The fourth-order valence-electron chi connectivity index (χ4n) is 0.722. The van der Waals surface area contributed by atoms with Gasteiger partial charge in [0.1, 0.15) is 0 Å². The first-order chi connectivity index (χ1) is 4.54. The van der Waals surface area contributed by atoms with Crippen LogP contribution in [-0.4, -0.2) is 6.43 Å². The Morgan fingerprint density at radius 1 is 1.00 bits per heavy atom. The van der Waals surface area contributed by atoms with Crippen LogP contribution in [0.1, 0.15) is 33.6 Å². The Morgan fingerprint density at radius 2 is 1.50 bits per heavy atom. The number of rotatable bonds is 4. The maximum Gasteiger partial charge on any atom is 0.238 e. The van der Waals surface area contributed by atoms with Crippen LogP contribution >= 0.6 is 0 Å². The molecule has 0 saturated carbocycles. The molecule has 0 aromatic carbocycles. The lowest BCUT2D eigenvalue weighted by Crippen LogP contribution is -2.05. The first-order valence-electron chi connectivity index (χ1n) is 3.82. The second kappa shape index (κ2) is 4.64. The van der Waals surface area contributed by atoms with Crippen molar-refractivity contribution in [1.82, 2.24) is 0 Å². The average Bonchev–Trinajstić information content (AvgIpc) is 1.82. The van der Waals surface area contributed by atoms with E-state index in [1.807, 2.05) is 6.92 Å². The van der Waals surface area contributed by atoms with Crippen molar-refractivity contribution >= 4 is 0 Å². The third kappa shape index (κ3) is 4.71. The molecule has 0 amide bonds. The molecule has 0 radical (unpaired) electrons. The summed E-state index contributed by atoms with van der Waals surface area (Å²) in [6.45, 7) is 6.15. The summed E-state index contributed by atoms with van der Waals surface area (Å²) in [5.74, 6) is 0.952. The summed E-state index contributed by atoms with van der Waals surface area (Å²) in [6, 6.07) is 0. The molecule has 0 aromatic heterocycles. The lowest BCUT2D eigenvalue weighted by Gasteiger charge is -2.14. The van der Waals surface area contributed by atoms with Gasteiger partial charge in [-0.1, -0.05) is 20.8 Å². The van der Waals surface area contributed by atoms with Crippen LogP contribution in [0.2, 0.25) is 0 Å². The predicted octanol–water partition coefficient (Wildman–Crippen LogP) is 3.32. The van der Waals surface area contributed by atoms with Gasteiger partial charge in [0.05, 0.1) is 0 Å². The molecule has 0 unspecified atom stereocenters. The number of hydrogen-bond acceptors (Lipinski definition) is 0. The molecule has 0 spiro atoms. The molecule has 0 aliphatic carbocycles. The Hall–Kier alpha value is -0.140. The van der Waals surface area contributed by atoms with Crippen molar-refractivity contribution in [3.05, 3.63) is 0 Å². The van der Waals surface area contributed by atoms with Crippen LogP contribution in [0, 0.1) is 11.8 Å². The van der Waals surface area contributed by atoms with E-state index in [2.05, 4.69) is 13.8 Å². The molecule has 62 valence electrons. The van der Waals surface area contributed by atoms with E-state index >= 15 is 0 Å². The minimum absolute atomic E-state index is 0.0549. The zero-order valence-electron chi connectivity index (χ0n) is 6.90. The maximum absolute atomic E-state index is 11.7. The van der Waals surface area contributed by atoms with Crippen molar-refractivity contribution in [2.75, 3.05) is 0 Å². The average molecular weight is 150 g/mol. The van der Waals surface area contributed by atoms with E-state index in [0.29, 0.717) is 18.3 Å². The standard InChI is InChI=1S/C8H16F2/c1-6(2)7(3)4-5-8(9)10/h6-8H,4-5H2,1-3H3/t7-/m1/s1. The Morgan fingerprint density at radius 3 is 1.80 bits per heavy atom. The van der Waals surface area contributed by atoms with Crippen molar-refractivity contribution in [3.63, 3.8) is 0 Å².